The number of furan rings is 1. The number of carbonyl (C=O) groups excluding carboxylic acids is 2. The molecule has 4 rings (SSSR count). The summed E-state index contributed by atoms with van der Waals surface area (Å²) in [7, 11) is 0. The molecule has 2 aromatic carbocycles. The van der Waals surface area contributed by atoms with Gasteiger partial charge in [0.25, 0.3) is 5.91 Å². The van der Waals surface area contributed by atoms with Crippen LogP contribution in [-0.2, 0) is 10.4 Å². The van der Waals surface area contributed by atoms with Crippen LogP contribution in [0.3, 0.4) is 0 Å². The van der Waals surface area contributed by atoms with Crippen LogP contribution in [0.1, 0.15) is 22.5 Å². The summed E-state index contributed by atoms with van der Waals surface area (Å²) in [6.07, 6.45) is 0.979. The van der Waals surface area contributed by atoms with E-state index in [1.54, 1.807) is 54.6 Å². The molecule has 0 aliphatic carbocycles. The van der Waals surface area contributed by atoms with Gasteiger partial charge in [0.1, 0.15) is 12.4 Å². The molecule has 1 N–H and O–H groups in total. The van der Waals surface area contributed by atoms with Crippen LogP contribution in [-0.4, -0.2) is 29.9 Å². The molecule has 1 aromatic heterocycles. The monoisotopic (exact) mass is 411 g/mol. The minimum absolute atomic E-state index is 0.105. The molecule has 148 valence electrons. The van der Waals surface area contributed by atoms with Gasteiger partial charge >= 0.3 is 0 Å². The third kappa shape index (κ3) is 3.64. The Morgan fingerprint density at radius 2 is 1.86 bits per heavy atom. The first-order valence-electron chi connectivity index (χ1n) is 9.08. The number of para-hydroxylation sites is 1. The van der Waals surface area contributed by atoms with Crippen molar-refractivity contribution in [3.8, 4) is 5.75 Å². The maximum absolute atomic E-state index is 13.1. The van der Waals surface area contributed by atoms with Crippen molar-refractivity contribution in [2.75, 3.05) is 18.1 Å². The SMILES string of the molecule is O=C(C[C@@]1(O)C(=O)N(CCOc2ccc(Cl)cc2)c2ccccc21)c1ccco1. The number of hydrogen-bond donors (Lipinski definition) is 1. The van der Waals surface area contributed by atoms with Crippen LogP contribution in [0.5, 0.6) is 5.75 Å². The van der Waals surface area contributed by atoms with Crippen LogP contribution in [0.4, 0.5) is 5.69 Å². The van der Waals surface area contributed by atoms with E-state index in [1.807, 2.05) is 0 Å². The number of anilines is 1. The number of ketones is 1. The fourth-order valence-electron chi connectivity index (χ4n) is 3.44. The standard InChI is InChI=1S/C22H18ClNO5/c23-15-7-9-16(10-8-15)28-13-11-24-18-5-2-1-4-17(18)22(27,21(24)26)14-19(25)20-6-3-12-29-20/h1-10,12,27H,11,13-14H2/t22-/m0/s1. The molecule has 0 saturated heterocycles. The molecule has 1 amide bonds. The molecule has 7 heteroatoms. The lowest BCUT2D eigenvalue weighted by molar-refractivity contribution is -0.136. The molecule has 29 heavy (non-hydrogen) atoms. The number of halogens is 1. The number of fused-ring (bicyclic) bond motifs is 1. The minimum atomic E-state index is -1.94. The summed E-state index contributed by atoms with van der Waals surface area (Å²) in [5, 5.41) is 11.8. The Morgan fingerprint density at radius 3 is 2.59 bits per heavy atom. The fourth-order valence-corrected chi connectivity index (χ4v) is 3.57. The quantitative estimate of drug-likeness (QED) is 0.598. The van der Waals surface area contributed by atoms with Crippen molar-refractivity contribution < 1.29 is 23.8 Å². The summed E-state index contributed by atoms with van der Waals surface area (Å²) in [6, 6.07) is 16.9. The Bertz CT molecular complexity index is 1030. The van der Waals surface area contributed by atoms with Crippen molar-refractivity contribution in [3.63, 3.8) is 0 Å². The lowest BCUT2D eigenvalue weighted by Gasteiger charge is -2.22. The minimum Gasteiger partial charge on any atom is -0.492 e. The van der Waals surface area contributed by atoms with E-state index in [9.17, 15) is 14.7 Å². The van der Waals surface area contributed by atoms with Crippen LogP contribution in [0.2, 0.25) is 5.02 Å². The summed E-state index contributed by atoms with van der Waals surface area (Å²) in [5.74, 6) is -0.274. The first-order chi connectivity index (χ1) is 14.0. The Morgan fingerprint density at radius 1 is 1.10 bits per heavy atom. The van der Waals surface area contributed by atoms with Gasteiger partial charge in [-0.1, -0.05) is 29.8 Å². The van der Waals surface area contributed by atoms with Gasteiger partial charge in [-0.05, 0) is 42.5 Å². The molecule has 0 spiro atoms. The van der Waals surface area contributed by atoms with E-state index in [1.165, 1.54) is 17.2 Å². The van der Waals surface area contributed by atoms with E-state index in [0.717, 1.165) is 0 Å². The number of ether oxygens (including phenoxy) is 1. The molecule has 6 nitrogen and oxygen atoms in total. The van der Waals surface area contributed by atoms with Crippen molar-refractivity contribution in [3.05, 3.63) is 83.3 Å². The molecule has 0 radical (unpaired) electrons. The van der Waals surface area contributed by atoms with Crippen molar-refractivity contribution in [1.29, 1.82) is 0 Å². The first kappa shape index (κ1) is 19.2. The highest BCUT2D eigenvalue weighted by Crippen LogP contribution is 2.42. The van der Waals surface area contributed by atoms with Gasteiger partial charge in [0, 0.05) is 10.6 Å². The van der Waals surface area contributed by atoms with Crippen LogP contribution < -0.4 is 9.64 Å². The molecule has 0 fully saturated rings. The highest BCUT2D eigenvalue weighted by atomic mass is 35.5. The smallest absolute Gasteiger partial charge is 0.264 e. The van der Waals surface area contributed by atoms with Gasteiger partial charge in [0.05, 0.1) is 24.9 Å². The number of nitrogens with zero attached hydrogens (tertiary/aromatic N) is 1. The largest absolute Gasteiger partial charge is 0.492 e. The summed E-state index contributed by atoms with van der Waals surface area (Å²) < 4.78 is 10.8. The molecule has 0 saturated carbocycles. The molecule has 1 aliphatic heterocycles. The first-order valence-corrected chi connectivity index (χ1v) is 9.46. The van der Waals surface area contributed by atoms with Gasteiger partial charge in [0.15, 0.2) is 11.4 Å². The van der Waals surface area contributed by atoms with Gasteiger partial charge in [0.2, 0.25) is 5.78 Å². The fraction of sp³-hybridized carbons (Fsp3) is 0.182. The topological polar surface area (TPSA) is 80.0 Å². The molecular weight excluding hydrogens is 394 g/mol. The average Bonchev–Trinajstić information content (AvgIpc) is 3.33. The number of carbonyl (C=O) groups is 2. The van der Waals surface area contributed by atoms with Crippen molar-refractivity contribution in [1.82, 2.24) is 0 Å². The second kappa shape index (κ2) is 7.73. The molecule has 2 heterocycles. The molecule has 0 unspecified atom stereocenters. The van der Waals surface area contributed by atoms with Crippen LogP contribution in [0.15, 0.2) is 71.3 Å². The Labute approximate surface area is 172 Å². The zero-order valence-corrected chi connectivity index (χ0v) is 16.1. The van der Waals surface area contributed by atoms with Crippen molar-refractivity contribution in [2.24, 2.45) is 0 Å². The van der Waals surface area contributed by atoms with Crippen LogP contribution in [0, 0.1) is 0 Å². The Hall–Kier alpha value is -3.09. The molecule has 1 atom stereocenters. The van der Waals surface area contributed by atoms with E-state index in [4.69, 9.17) is 20.8 Å². The van der Waals surface area contributed by atoms with Gasteiger partial charge < -0.3 is 19.2 Å². The van der Waals surface area contributed by atoms with Gasteiger partial charge in [-0.2, -0.15) is 0 Å². The number of aliphatic hydroxyl groups is 1. The summed E-state index contributed by atoms with van der Waals surface area (Å²) >= 11 is 5.86. The van der Waals surface area contributed by atoms with Crippen molar-refractivity contribution >= 4 is 29.0 Å². The second-order valence-corrected chi connectivity index (χ2v) is 7.15. The molecule has 0 bridgehead atoms. The lowest BCUT2D eigenvalue weighted by atomic mass is 9.89. The predicted molar refractivity (Wildman–Crippen MR) is 107 cm³/mol. The summed E-state index contributed by atoms with van der Waals surface area (Å²) in [4.78, 5) is 27.0. The zero-order valence-electron chi connectivity index (χ0n) is 15.4. The van der Waals surface area contributed by atoms with Crippen LogP contribution in [0.25, 0.3) is 0 Å². The Balaban J connectivity index is 1.52. The molecule has 3 aromatic rings. The normalized spacial score (nSPS) is 18.0. The van der Waals surface area contributed by atoms with E-state index < -0.39 is 23.7 Å². The van der Waals surface area contributed by atoms with E-state index in [-0.39, 0.29) is 18.9 Å². The third-order valence-electron chi connectivity index (χ3n) is 4.85. The molecular formula is C22H18ClNO5. The number of amides is 1. The van der Waals surface area contributed by atoms with Gasteiger partial charge in [-0.3, -0.25) is 9.59 Å². The second-order valence-electron chi connectivity index (χ2n) is 6.71. The number of hydrogen-bond acceptors (Lipinski definition) is 5. The predicted octanol–water partition coefficient (Wildman–Crippen LogP) is 3.82. The van der Waals surface area contributed by atoms with E-state index in [0.29, 0.717) is 22.0 Å². The zero-order chi connectivity index (χ0) is 20.4. The Kier molecular flexibility index (Phi) is 5.13. The van der Waals surface area contributed by atoms with Gasteiger partial charge in [-0.25, -0.2) is 0 Å². The van der Waals surface area contributed by atoms with E-state index in [2.05, 4.69) is 0 Å². The maximum Gasteiger partial charge on any atom is 0.264 e. The van der Waals surface area contributed by atoms with Crippen molar-refractivity contribution in [2.45, 2.75) is 12.0 Å². The highest BCUT2D eigenvalue weighted by molar-refractivity contribution is 6.30. The lowest BCUT2D eigenvalue weighted by Crippen LogP contribution is -2.43. The number of benzene rings is 2. The number of rotatable bonds is 7. The maximum atomic E-state index is 13.1. The van der Waals surface area contributed by atoms with E-state index >= 15 is 0 Å². The average molecular weight is 412 g/mol. The summed E-state index contributed by atoms with van der Waals surface area (Å²) in [6.45, 7) is 0.430. The highest BCUT2D eigenvalue weighted by Gasteiger charge is 2.50. The van der Waals surface area contributed by atoms with Gasteiger partial charge in [-0.15, -0.1) is 0 Å². The van der Waals surface area contributed by atoms with Crippen LogP contribution >= 0.6 is 11.6 Å². The molecule has 1 aliphatic rings. The third-order valence-corrected chi connectivity index (χ3v) is 5.10. The number of Topliss-reactive ketones (excluding diaryl/α,β-unsaturated/α-hetero) is 1. The summed E-state index contributed by atoms with van der Waals surface area (Å²) in [5.41, 5.74) is -0.982.